The minimum Gasteiger partial charge on any atom is -0.417 e. The number of imidazole rings is 1. The molecule has 0 radical (unpaired) electrons. The monoisotopic (exact) mass is 272 g/mol. The van der Waals surface area contributed by atoms with Gasteiger partial charge in [-0.3, -0.25) is 0 Å². The number of unbranched alkanes of at least 4 members (excludes halogenated alkanes) is 1. The average Bonchev–Trinajstić information content (AvgIpc) is 2.81. The van der Waals surface area contributed by atoms with Gasteiger partial charge < -0.3 is 14.5 Å². The summed E-state index contributed by atoms with van der Waals surface area (Å²) in [5, 5.41) is 8.91. The van der Waals surface area contributed by atoms with E-state index in [4.69, 9.17) is 9.53 Å². The largest absolute Gasteiger partial charge is 0.417 e. The van der Waals surface area contributed by atoms with Crippen molar-refractivity contribution in [3.8, 4) is 0 Å². The van der Waals surface area contributed by atoms with Crippen LogP contribution in [0.1, 0.15) is 33.6 Å². The molecule has 18 heavy (non-hydrogen) atoms. The van der Waals surface area contributed by atoms with Crippen LogP contribution in [-0.2, 0) is 4.43 Å². The molecule has 0 aliphatic heterocycles. The molecule has 0 aliphatic rings. The topological polar surface area (TPSA) is 58.1 Å². The minimum atomic E-state index is -1.54. The number of aromatic amines is 1. The van der Waals surface area contributed by atoms with Crippen molar-refractivity contribution in [3.63, 3.8) is 0 Å². The van der Waals surface area contributed by atoms with Crippen LogP contribution in [0.5, 0.6) is 0 Å². The van der Waals surface area contributed by atoms with Gasteiger partial charge >= 0.3 is 0 Å². The van der Waals surface area contributed by atoms with Crippen LogP contribution >= 0.6 is 0 Å². The fourth-order valence-electron chi connectivity index (χ4n) is 0.973. The van der Waals surface area contributed by atoms with Gasteiger partial charge in [0.25, 0.3) is 0 Å². The van der Waals surface area contributed by atoms with E-state index in [1.54, 1.807) is 18.7 Å². The molecular formula is C13H28N2O2Si. The fraction of sp³-hybridized carbons (Fsp3) is 0.769. The maximum absolute atomic E-state index is 8.61. The molecule has 0 unspecified atom stereocenters. The number of hydrogen-bond acceptors (Lipinski definition) is 3. The molecule has 5 heteroatoms. The Morgan fingerprint density at radius 2 is 1.94 bits per heavy atom. The van der Waals surface area contributed by atoms with E-state index in [2.05, 4.69) is 43.8 Å². The van der Waals surface area contributed by atoms with E-state index in [9.17, 15) is 0 Å². The molecule has 4 nitrogen and oxygen atoms in total. The normalized spacial score (nSPS) is 11.9. The summed E-state index contributed by atoms with van der Waals surface area (Å²) in [7, 11) is -1.54. The smallest absolute Gasteiger partial charge is 0.191 e. The molecular weight excluding hydrogens is 244 g/mol. The molecule has 0 aromatic carbocycles. The summed E-state index contributed by atoms with van der Waals surface area (Å²) in [5.41, 5.74) is 0. The highest BCUT2D eigenvalue weighted by Crippen LogP contribution is 2.36. The van der Waals surface area contributed by atoms with E-state index in [0.717, 1.165) is 19.4 Å². The first-order chi connectivity index (χ1) is 8.31. The Morgan fingerprint density at radius 1 is 1.28 bits per heavy atom. The third-order valence-corrected chi connectivity index (χ3v) is 7.77. The Labute approximate surface area is 112 Å². The Morgan fingerprint density at radius 3 is 2.28 bits per heavy atom. The van der Waals surface area contributed by atoms with Gasteiger partial charge in [-0.25, -0.2) is 4.98 Å². The molecule has 1 heterocycles. The summed E-state index contributed by atoms with van der Waals surface area (Å²) in [6, 6.07) is 0. The summed E-state index contributed by atoms with van der Waals surface area (Å²) in [6.45, 7) is 12.3. The highest BCUT2D eigenvalue weighted by molar-refractivity contribution is 6.74. The highest BCUT2D eigenvalue weighted by Gasteiger charge is 2.36. The molecule has 1 aromatic heterocycles. The molecule has 0 saturated carbocycles. The molecule has 106 valence electrons. The lowest BCUT2D eigenvalue weighted by Crippen LogP contribution is -2.40. The van der Waals surface area contributed by atoms with Crippen LogP contribution in [0.2, 0.25) is 18.1 Å². The quantitative estimate of drug-likeness (QED) is 0.639. The second kappa shape index (κ2) is 8.45. The molecule has 0 fully saturated rings. The Hall–Kier alpha value is -0.653. The van der Waals surface area contributed by atoms with E-state index in [0.29, 0.717) is 5.04 Å². The third-order valence-electron chi connectivity index (χ3n) is 3.23. The van der Waals surface area contributed by atoms with Crippen molar-refractivity contribution in [2.24, 2.45) is 0 Å². The maximum Gasteiger partial charge on any atom is 0.191 e. The van der Waals surface area contributed by atoms with Crippen molar-refractivity contribution in [2.75, 3.05) is 13.2 Å². The van der Waals surface area contributed by atoms with Crippen molar-refractivity contribution in [3.05, 3.63) is 18.7 Å². The summed E-state index contributed by atoms with van der Waals surface area (Å²) in [5.74, 6) is 0. The van der Waals surface area contributed by atoms with Crippen LogP contribution in [0.15, 0.2) is 18.7 Å². The van der Waals surface area contributed by atoms with Crippen LogP contribution < -0.4 is 0 Å². The Balaban J connectivity index is 0.000000473. The van der Waals surface area contributed by atoms with Crippen molar-refractivity contribution < 1.29 is 9.53 Å². The number of aromatic nitrogens is 2. The van der Waals surface area contributed by atoms with Crippen LogP contribution in [0.3, 0.4) is 0 Å². The van der Waals surface area contributed by atoms with E-state index in [1.807, 2.05) is 0 Å². The first-order valence-electron chi connectivity index (χ1n) is 6.49. The molecule has 1 aromatic rings. The van der Waals surface area contributed by atoms with Gasteiger partial charge in [0, 0.05) is 25.6 Å². The highest BCUT2D eigenvalue weighted by atomic mass is 28.4. The molecule has 0 amide bonds. The molecule has 2 N–H and O–H groups in total. The lowest BCUT2D eigenvalue weighted by atomic mass is 10.2. The van der Waals surface area contributed by atoms with Crippen molar-refractivity contribution in [1.29, 1.82) is 0 Å². The summed E-state index contributed by atoms with van der Waals surface area (Å²) < 4.78 is 5.92. The zero-order chi connectivity index (χ0) is 14.1. The van der Waals surface area contributed by atoms with Crippen molar-refractivity contribution in [1.82, 2.24) is 9.97 Å². The van der Waals surface area contributed by atoms with Crippen LogP contribution in [0.25, 0.3) is 0 Å². The van der Waals surface area contributed by atoms with Gasteiger partial charge in [-0.05, 0) is 31.0 Å². The molecule has 0 bridgehead atoms. The zero-order valence-corrected chi connectivity index (χ0v) is 13.4. The third kappa shape index (κ3) is 7.63. The number of aliphatic hydroxyl groups excluding tert-OH is 1. The summed E-state index contributed by atoms with van der Waals surface area (Å²) >= 11 is 0. The lowest BCUT2D eigenvalue weighted by Gasteiger charge is -2.36. The minimum absolute atomic E-state index is 0.279. The van der Waals surface area contributed by atoms with Gasteiger partial charge in [0.05, 0.1) is 6.33 Å². The second-order valence-electron chi connectivity index (χ2n) is 5.80. The van der Waals surface area contributed by atoms with Gasteiger partial charge in [-0.2, -0.15) is 0 Å². The van der Waals surface area contributed by atoms with Crippen LogP contribution in [0.4, 0.5) is 0 Å². The second-order valence-corrected chi connectivity index (χ2v) is 10.6. The number of nitrogens with zero attached hydrogens (tertiary/aromatic N) is 1. The Kier molecular flexibility index (Phi) is 8.14. The standard InChI is InChI=1S/C10H24O2Si.C3H4N2/c1-10(2,3)13(4,5)12-9-7-6-8-11;1-2-5-3-4-1/h11H,6-9H2,1-5H3;1-3H,(H,4,5). The van der Waals surface area contributed by atoms with Gasteiger partial charge in [0.15, 0.2) is 8.32 Å². The van der Waals surface area contributed by atoms with Gasteiger partial charge in [-0.15, -0.1) is 0 Å². The first-order valence-corrected chi connectivity index (χ1v) is 9.39. The first kappa shape index (κ1) is 17.3. The molecule has 0 spiro atoms. The number of hydrogen-bond donors (Lipinski definition) is 2. The lowest BCUT2D eigenvalue weighted by molar-refractivity contribution is 0.242. The molecule has 1 rings (SSSR count). The number of H-pyrrole nitrogens is 1. The van der Waals surface area contributed by atoms with Gasteiger partial charge in [0.1, 0.15) is 0 Å². The van der Waals surface area contributed by atoms with E-state index in [1.165, 1.54) is 0 Å². The fourth-order valence-corrected chi connectivity index (χ4v) is 2.06. The average molecular weight is 272 g/mol. The number of rotatable bonds is 5. The predicted molar refractivity (Wildman–Crippen MR) is 78.1 cm³/mol. The Bertz CT molecular complexity index is 264. The molecule has 0 aliphatic carbocycles. The maximum atomic E-state index is 8.61. The predicted octanol–water partition coefficient (Wildman–Crippen LogP) is 3.19. The van der Waals surface area contributed by atoms with E-state index in [-0.39, 0.29) is 6.61 Å². The van der Waals surface area contributed by atoms with Gasteiger partial charge in [0.2, 0.25) is 0 Å². The molecule has 0 saturated heterocycles. The van der Waals surface area contributed by atoms with E-state index < -0.39 is 8.32 Å². The van der Waals surface area contributed by atoms with Crippen LogP contribution in [0, 0.1) is 0 Å². The summed E-state index contributed by atoms with van der Waals surface area (Å²) in [6.07, 6.45) is 6.91. The number of nitrogens with one attached hydrogen (secondary N) is 1. The SMILES string of the molecule is CC(C)(C)[Si](C)(C)OCCCCO.c1c[nH]cn1. The van der Waals surface area contributed by atoms with Crippen molar-refractivity contribution >= 4 is 8.32 Å². The number of aliphatic hydroxyl groups is 1. The van der Waals surface area contributed by atoms with Crippen LogP contribution in [-0.4, -0.2) is 36.6 Å². The molecule has 0 atom stereocenters. The van der Waals surface area contributed by atoms with E-state index >= 15 is 0 Å². The summed E-state index contributed by atoms with van der Waals surface area (Å²) in [4.78, 5) is 6.42. The van der Waals surface area contributed by atoms with Crippen molar-refractivity contribution in [2.45, 2.75) is 51.7 Å². The van der Waals surface area contributed by atoms with Gasteiger partial charge in [-0.1, -0.05) is 20.8 Å². The zero-order valence-electron chi connectivity index (χ0n) is 12.4.